The van der Waals surface area contributed by atoms with E-state index in [1.165, 1.54) is 12.1 Å². The van der Waals surface area contributed by atoms with E-state index in [1.54, 1.807) is 17.0 Å². The van der Waals surface area contributed by atoms with Crippen molar-refractivity contribution in [3.8, 4) is 0 Å². The largest absolute Gasteiger partial charge is 0.444 e. The smallest absolute Gasteiger partial charge is 0.410 e. The molecule has 0 spiro atoms. The Hall–Kier alpha value is -2.64. The highest BCUT2D eigenvalue weighted by Gasteiger charge is 2.27. The van der Waals surface area contributed by atoms with E-state index in [1.807, 2.05) is 20.8 Å². The minimum atomic E-state index is -0.504. The van der Waals surface area contributed by atoms with E-state index < -0.39 is 10.5 Å². The van der Waals surface area contributed by atoms with E-state index in [0.29, 0.717) is 25.6 Å². The number of carbonyl (C=O) groups excluding carboxylic acids is 2. The molecular weight excluding hydrogens is 362 g/mol. The van der Waals surface area contributed by atoms with Gasteiger partial charge >= 0.3 is 6.09 Å². The Morgan fingerprint density at radius 3 is 2.57 bits per heavy atom. The first-order valence-corrected chi connectivity index (χ1v) is 9.62. The van der Waals surface area contributed by atoms with Crippen molar-refractivity contribution in [3.63, 3.8) is 0 Å². The first kappa shape index (κ1) is 21.7. The van der Waals surface area contributed by atoms with Gasteiger partial charge in [0, 0.05) is 31.8 Å². The Balaban J connectivity index is 1.72. The lowest BCUT2D eigenvalue weighted by molar-refractivity contribution is -0.384. The Labute approximate surface area is 165 Å². The molecule has 1 fully saturated rings. The molecule has 1 N–H and O–H groups in total. The van der Waals surface area contributed by atoms with Crippen molar-refractivity contribution in [2.24, 2.45) is 5.92 Å². The number of rotatable bonds is 6. The maximum Gasteiger partial charge on any atom is 0.410 e. The van der Waals surface area contributed by atoms with Crippen molar-refractivity contribution in [1.82, 2.24) is 10.2 Å². The van der Waals surface area contributed by atoms with Gasteiger partial charge in [-0.05, 0) is 51.5 Å². The van der Waals surface area contributed by atoms with Crippen LogP contribution in [0.2, 0.25) is 0 Å². The normalized spacial score (nSPS) is 17.1. The summed E-state index contributed by atoms with van der Waals surface area (Å²) in [6.45, 7) is 7.45. The summed E-state index contributed by atoms with van der Waals surface area (Å²) in [6, 6.07) is 5.99. The van der Waals surface area contributed by atoms with Gasteiger partial charge in [0.15, 0.2) is 0 Å². The fraction of sp³-hybridized carbons (Fsp3) is 0.600. The molecule has 1 aromatic rings. The third-order valence-corrected chi connectivity index (χ3v) is 4.56. The number of hydrogen-bond donors (Lipinski definition) is 1. The lowest BCUT2D eigenvalue weighted by Crippen LogP contribution is -2.43. The number of carbonyl (C=O) groups is 2. The molecule has 0 saturated carbocycles. The zero-order chi connectivity index (χ0) is 20.7. The van der Waals surface area contributed by atoms with Crippen LogP contribution < -0.4 is 5.32 Å². The van der Waals surface area contributed by atoms with E-state index in [9.17, 15) is 19.7 Å². The van der Waals surface area contributed by atoms with Gasteiger partial charge in [-0.3, -0.25) is 14.9 Å². The van der Waals surface area contributed by atoms with Gasteiger partial charge in [-0.15, -0.1) is 0 Å². The van der Waals surface area contributed by atoms with Crippen LogP contribution >= 0.6 is 0 Å². The molecular formula is C20H29N3O5. The van der Waals surface area contributed by atoms with E-state index in [4.69, 9.17) is 4.74 Å². The van der Waals surface area contributed by atoms with Gasteiger partial charge in [0.25, 0.3) is 5.69 Å². The summed E-state index contributed by atoms with van der Waals surface area (Å²) in [7, 11) is 0. The van der Waals surface area contributed by atoms with Gasteiger partial charge in [-0.25, -0.2) is 4.79 Å². The number of ether oxygens (including phenoxy) is 1. The molecule has 0 aromatic heterocycles. The SMILES string of the molecule is CC(C)(C)OC(=O)N1CCCC(CCNC(=O)Cc2ccc([N+](=O)[O-])cc2)C1. The third-order valence-electron chi connectivity index (χ3n) is 4.56. The van der Waals surface area contributed by atoms with Crippen LogP contribution in [0.4, 0.5) is 10.5 Å². The molecule has 1 heterocycles. The highest BCUT2D eigenvalue weighted by atomic mass is 16.6. The molecule has 1 atom stereocenters. The van der Waals surface area contributed by atoms with Crippen LogP contribution in [0.15, 0.2) is 24.3 Å². The molecule has 1 saturated heterocycles. The standard InChI is InChI=1S/C20H29N3O5/c1-20(2,3)28-19(25)22-12-4-5-16(14-22)10-11-21-18(24)13-15-6-8-17(9-7-15)23(26)27/h6-9,16H,4-5,10-14H2,1-3H3,(H,21,24). The number of nitro groups is 1. The zero-order valence-corrected chi connectivity index (χ0v) is 16.8. The second-order valence-corrected chi connectivity index (χ2v) is 8.17. The van der Waals surface area contributed by atoms with Crippen LogP contribution in [0.25, 0.3) is 0 Å². The van der Waals surface area contributed by atoms with Gasteiger partial charge in [0.2, 0.25) is 5.91 Å². The fourth-order valence-corrected chi connectivity index (χ4v) is 3.19. The van der Waals surface area contributed by atoms with Gasteiger partial charge in [-0.1, -0.05) is 12.1 Å². The summed E-state index contributed by atoms with van der Waals surface area (Å²) >= 11 is 0. The summed E-state index contributed by atoms with van der Waals surface area (Å²) < 4.78 is 5.43. The lowest BCUT2D eigenvalue weighted by atomic mass is 9.95. The predicted molar refractivity (Wildman–Crippen MR) is 105 cm³/mol. The van der Waals surface area contributed by atoms with Crippen LogP contribution in [0.1, 0.15) is 45.6 Å². The summed E-state index contributed by atoms with van der Waals surface area (Å²) in [4.78, 5) is 36.2. The molecule has 0 aliphatic carbocycles. The highest BCUT2D eigenvalue weighted by molar-refractivity contribution is 5.78. The van der Waals surface area contributed by atoms with Crippen LogP contribution in [0.5, 0.6) is 0 Å². The van der Waals surface area contributed by atoms with Crippen LogP contribution in [0, 0.1) is 16.0 Å². The molecule has 0 bridgehead atoms. The first-order valence-electron chi connectivity index (χ1n) is 9.62. The average molecular weight is 391 g/mol. The van der Waals surface area contributed by atoms with E-state index in [-0.39, 0.29) is 24.1 Å². The Morgan fingerprint density at radius 1 is 1.29 bits per heavy atom. The number of likely N-dealkylation sites (tertiary alicyclic amines) is 1. The molecule has 2 rings (SSSR count). The maximum absolute atomic E-state index is 12.2. The first-order chi connectivity index (χ1) is 13.1. The number of non-ortho nitro benzene ring substituents is 1. The third kappa shape index (κ3) is 7.17. The zero-order valence-electron chi connectivity index (χ0n) is 16.8. The molecule has 1 aliphatic rings. The van der Waals surface area contributed by atoms with Gasteiger partial charge in [-0.2, -0.15) is 0 Å². The number of benzene rings is 1. The number of nitro benzene ring substituents is 1. The molecule has 28 heavy (non-hydrogen) atoms. The Kier molecular flexibility index (Phi) is 7.37. The minimum Gasteiger partial charge on any atom is -0.444 e. The van der Waals surface area contributed by atoms with Crippen LogP contribution in [-0.4, -0.2) is 47.1 Å². The number of hydrogen-bond acceptors (Lipinski definition) is 5. The quantitative estimate of drug-likeness (QED) is 0.592. The van der Waals surface area contributed by atoms with Crippen LogP contribution in [0.3, 0.4) is 0 Å². The topological polar surface area (TPSA) is 102 Å². The molecule has 1 unspecified atom stereocenters. The summed E-state index contributed by atoms with van der Waals surface area (Å²) in [5, 5.41) is 13.5. The Morgan fingerprint density at radius 2 is 1.96 bits per heavy atom. The van der Waals surface area contributed by atoms with Gasteiger partial charge in [0.05, 0.1) is 11.3 Å². The summed E-state index contributed by atoms with van der Waals surface area (Å²) in [5.41, 5.74) is 0.239. The van der Waals surface area contributed by atoms with Crippen LogP contribution in [-0.2, 0) is 16.0 Å². The molecule has 1 aliphatic heterocycles. The van der Waals surface area contributed by atoms with Gasteiger partial charge < -0.3 is 15.0 Å². The van der Waals surface area contributed by atoms with Crippen molar-refractivity contribution in [1.29, 1.82) is 0 Å². The second-order valence-electron chi connectivity index (χ2n) is 8.17. The van der Waals surface area contributed by atoms with Crippen molar-refractivity contribution >= 4 is 17.7 Å². The van der Waals surface area contributed by atoms with E-state index in [0.717, 1.165) is 24.8 Å². The fourth-order valence-electron chi connectivity index (χ4n) is 3.19. The summed E-state index contributed by atoms with van der Waals surface area (Å²) in [5.74, 6) is 0.217. The average Bonchev–Trinajstić information content (AvgIpc) is 2.61. The van der Waals surface area contributed by atoms with Crippen molar-refractivity contribution in [3.05, 3.63) is 39.9 Å². The van der Waals surface area contributed by atoms with Crippen molar-refractivity contribution in [2.75, 3.05) is 19.6 Å². The second kappa shape index (κ2) is 9.52. The number of nitrogens with zero attached hydrogens (tertiary/aromatic N) is 2. The summed E-state index contributed by atoms with van der Waals surface area (Å²) in [6.07, 6.45) is 2.66. The molecule has 8 heteroatoms. The monoisotopic (exact) mass is 391 g/mol. The predicted octanol–water partition coefficient (Wildman–Crippen LogP) is 3.29. The lowest BCUT2D eigenvalue weighted by Gasteiger charge is -2.34. The van der Waals surface area contributed by atoms with Gasteiger partial charge in [0.1, 0.15) is 5.60 Å². The maximum atomic E-state index is 12.2. The van der Waals surface area contributed by atoms with Crippen molar-refractivity contribution in [2.45, 2.75) is 52.1 Å². The van der Waals surface area contributed by atoms with E-state index in [2.05, 4.69) is 5.32 Å². The molecule has 0 radical (unpaired) electrons. The highest BCUT2D eigenvalue weighted by Crippen LogP contribution is 2.21. The molecule has 1 aromatic carbocycles. The minimum absolute atomic E-state index is 0.0102. The number of nitrogens with one attached hydrogen (secondary N) is 1. The van der Waals surface area contributed by atoms with E-state index >= 15 is 0 Å². The molecule has 154 valence electrons. The van der Waals surface area contributed by atoms with Crippen molar-refractivity contribution < 1.29 is 19.2 Å². The molecule has 8 nitrogen and oxygen atoms in total. The Bertz CT molecular complexity index is 697. The molecule has 2 amide bonds. The number of piperidine rings is 1. The number of amides is 2.